The molecule has 5 atom stereocenters. The Morgan fingerprint density at radius 2 is 2.00 bits per heavy atom. The van der Waals surface area contributed by atoms with E-state index < -0.39 is 60.5 Å². The maximum Gasteiger partial charge on any atom is 0.351 e. The smallest absolute Gasteiger partial charge is 0.351 e. The number of methoxy groups -OCH3 is 1. The highest BCUT2D eigenvalue weighted by Gasteiger charge is 2.45. The number of nitrogen functional groups attached to an aromatic ring is 1. The van der Waals surface area contributed by atoms with Gasteiger partial charge in [-0.05, 0) is 24.1 Å². The number of nitrogens with zero attached hydrogens (tertiary/aromatic N) is 2. The average molecular weight is 463 g/mol. The molecule has 2 amide bonds. The molecular formula is C20H25N5O8. The fraction of sp³-hybridized carbons (Fsp3) is 0.400. The number of phenolic OH excluding ortho intramolecular Hbond substituents is 1. The van der Waals surface area contributed by atoms with Crippen LogP contribution in [0.1, 0.15) is 22.1 Å². The van der Waals surface area contributed by atoms with Crippen molar-refractivity contribution in [2.45, 2.75) is 37.0 Å². The lowest BCUT2D eigenvalue weighted by molar-refractivity contribution is -0.121. The minimum Gasteiger partial charge on any atom is -0.508 e. The summed E-state index contributed by atoms with van der Waals surface area (Å²) in [5.41, 5.74) is 11.1. The summed E-state index contributed by atoms with van der Waals surface area (Å²) in [6.07, 6.45) is -3.39. The highest BCUT2D eigenvalue weighted by molar-refractivity contribution is 6.08. The molecule has 13 heteroatoms. The van der Waals surface area contributed by atoms with Gasteiger partial charge in [0.2, 0.25) is 5.91 Å². The highest BCUT2D eigenvalue weighted by Crippen LogP contribution is 2.30. The molecular weight excluding hydrogens is 438 g/mol. The van der Waals surface area contributed by atoms with E-state index in [9.17, 15) is 29.7 Å². The van der Waals surface area contributed by atoms with Gasteiger partial charge in [0, 0.05) is 13.3 Å². The summed E-state index contributed by atoms with van der Waals surface area (Å²) < 4.78 is 11.5. The van der Waals surface area contributed by atoms with Crippen molar-refractivity contribution in [1.82, 2.24) is 14.9 Å². The van der Waals surface area contributed by atoms with Crippen LogP contribution in [-0.2, 0) is 20.7 Å². The summed E-state index contributed by atoms with van der Waals surface area (Å²) in [5.74, 6) is -2.12. The lowest BCUT2D eigenvalue weighted by atomic mass is 10.1. The van der Waals surface area contributed by atoms with Crippen molar-refractivity contribution in [2.75, 3.05) is 19.5 Å². The first-order valence-corrected chi connectivity index (χ1v) is 9.90. The molecule has 0 saturated carbocycles. The Morgan fingerprint density at radius 3 is 2.61 bits per heavy atom. The van der Waals surface area contributed by atoms with Crippen LogP contribution in [0.5, 0.6) is 5.75 Å². The maximum absolute atomic E-state index is 12.7. The zero-order chi connectivity index (χ0) is 24.3. The number of imide groups is 1. The highest BCUT2D eigenvalue weighted by atomic mass is 16.6. The molecule has 1 fully saturated rings. The van der Waals surface area contributed by atoms with Crippen molar-refractivity contribution in [3.8, 4) is 5.75 Å². The minimum atomic E-state index is -1.24. The first kappa shape index (κ1) is 24.3. The average Bonchev–Trinajstić information content (AvgIpc) is 3.10. The molecule has 1 saturated heterocycles. The molecule has 1 aromatic carbocycles. The van der Waals surface area contributed by atoms with Crippen LogP contribution >= 0.6 is 0 Å². The Bertz CT molecular complexity index is 1070. The summed E-state index contributed by atoms with van der Waals surface area (Å²) in [7, 11) is 1.28. The van der Waals surface area contributed by atoms with Crippen LogP contribution in [0.3, 0.4) is 0 Å². The Hall–Kier alpha value is -3.36. The third-order valence-corrected chi connectivity index (χ3v) is 5.23. The van der Waals surface area contributed by atoms with E-state index in [1.807, 2.05) is 0 Å². The molecule has 2 aromatic rings. The number of aliphatic hydroxyl groups is 2. The van der Waals surface area contributed by atoms with Crippen molar-refractivity contribution in [3.05, 3.63) is 52.1 Å². The van der Waals surface area contributed by atoms with Crippen LogP contribution in [0.25, 0.3) is 0 Å². The molecule has 0 unspecified atom stereocenters. The number of aliphatic hydroxyl groups excluding tert-OH is 2. The number of amides is 2. The maximum atomic E-state index is 12.7. The standard InChI is InChI=1S/C20H25N5O8/c1-32-15-14(28)13(8-26)33-19(15)25-7-11(16(22)23-20(25)31)17(29)24-18(30)12(21)6-9-2-4-10(27)5-3-9/h2-5,7,12-15,19,26-28H,6,8,21H2,1H3,(H2,22,23,31)(H,24,29,30)/t12-,13+,14-,15+,19+/m0/s1. The molecule has 1 aliphatic heterocycles. The van der Waals surface area contributed by atoms with Crippen molar-refractivity contribution >= 4 is 17.6 Å². The van der Waals surface area contributed by atoms with Gasteiger partial charge in [0.05, 0.1) is 18.2 Å². The van der Waals surface area contributed by atoms with E-state index in [4.69, 9.17) is 20.9 Å². The van der Waals surface area contributed by atoms with Crippen LogP contribution in [-0.4, -0.2) is 74.8 Å². The second-order valence-electron chi connectivity index (χ2n) is 7.46. The number of aromatic nitrogens is 2. The number of benzene rings is 1. The van der Waals surface area contributed by atoms with E-state index in [2.05, 4.69) is 10.3 Å². The van der Waals surface area contributed by atoms with E-state index >= 15 is 0 Å². The van der Waals surface area contributed by atoms with Gasteiger partial charge in [0.15, 0.2) is 6.23 Å². The molecule has 0 aliphatic carbocycles. The number of anilines is 1. The third-order valence-electron chi connectivity index (χ3n) is 5.23. The topological polar surface area (TPSA) is 212 Å². The van der Waals surface area contributed by atoms with Crippen LogP contribution in [0.15, 0.2) is 35.3 Å². The molecule has 1 aliphatic rings. The van der Waals surface area contributed by atoms with Crippen LogP contribution in [0.4, 0.5) is 5.82 Å². The van der Waals surface area contributed by atoms with Crippen LogP contribution in [0, 0.1) is 0 Å². The SMILES string of the molecule is CO[C@@H]1[C@@H](O)[C@@H](CO)O[C@H]1n1cc(C(=O)NC(=O)[C@@H](N)Cc2ccc(O)cc2)c(N)nc1=O. The quantitative estimate of drug-likeness (QED) is 0.255. The number of rotatable bonds is 7. The number of nitrogens with two attached hydrogens (primary N) is 2. The van der Waals surface area contributed by atoms with Gasteiger partial charge in [-0.2, -0.15) is 4.98 Å². The molecule has 33 heavy (non-hydrogen) atoms. The van der Waals surface area contributed by atoms with Crippen molar-refractivity contribution in [3.63, 3.8) is 0 Å². The molecule has 0 spiro atoms. The zero-order valence-corrected chi connectivity index (χ0v) is 17.6. The van der Waals surface area contributed by atoms with E-state index in [-0.39, 0.29) is 17.7 Å². The lowest BCUT2D eigenvalue weighted by Crippen LogP contribution is -2.45. The van der Waals surface area contributed by atoms with Gasteiger partial charge < -0.3 is 36.3 Å². The number of ether oxygens (including phenoxy) is 2. The number of phenols is 1. The molecule has 2 heterocycles. The second-order valence-corrected chi connectivity index (χ2v) is 7.46. The summed E-state index contributed by atoms with van der Waals surface area (Å²) in [6, 6.07) is 4.97. The Labute approximate surface area is 187 Å². The molecule has 178 valence electrons. The predicted molar refractivity (Wildman–Crippen MR) is 113 cm³/mol. The van der Waals surface area contributed by atoms with Crippen molar-refractivity contribution < 1.29 is 34.4 Å². The number of carbonyl (C=O) groups is 2. The van der Waals surface area contributed by atoms with Gasteiger partial charge in [0.1, 0.15) is 29.9 Å². The van der Waals surface area contributed by atoms with Gasteiger partial charge in [0.25, 0.3) is 5.91 Å². The van der Waals surface area contributed by atoms with Gasteiger partial charge in [-0.25, -0.2) is 4.79 Å². The van der Waals surface area contributed by atoms with Gasteiger partial charge in [-0.3, -0.25) is 19.5 Å². The zero-order valence-electron chi connectivity index (χ0n) is 17.6. The lowest BCUT2D eigenvalue weighted by Gasteiger charge is -2.21. The van der Waals surface area contributed by atoms with E-state index in [0.29, 0.717) is 5.56 Å². The largest absolute Gasteiger partial charge is 0.508 e. The third kappa shape index (κ3) is 5.18. The molecule has 0 radical (unpaired) electrons. The van der Waals surface area contributed by atoms with Crippen molar-refractivity contribution in [2.24, 2.45) is 5.73 Å². The van der Waals surface area contributed by atoms with Crippen LogP contribution < -0.4 is 22.5 Å². The first-order valence-electron chi connectivity index (χ1n) is 9.90. The normalized spacial score (nSPS) is 23.3. The summed E-state index contributed by atoms with van der Waals surface area (Å²) in [6.45, 7) is -0.532. The Morgan fingerprint density at radius 1 is 1.33 bits per heavy atom. The number of nitrogens with one attached hydrogen (secondary N) is 1. The first-order chi connectivity index (χ1) is 15.7. The number of aromatic hydroxyl groups is 1. The predicted octanol–water partition coefficient (Wildman–Crippen LogP) is -2.38. The minimum absolute atomic E-state index is 0.0600. The van der Waals surface area contributed by atoms with E-state index in [0.717, 1.165) is 10.8 Å². The van der Waals surface area contributed by atoms with Gasteiger partial charge in [-0.1, -0.05) is 12.1 Å². The molecule has 8 N–H and O–H groups in total. The Balaban J connectivity index is 1.78. The summed E-state index contributed by atoms with van der Waals surface area (Å²) in [5, 5.41) is 31.0. The summed E-state index contributed by atoms with van der Waals surface area (Å²) >= 11 is 0. The molecule has 1 aromatic heterocycles. The van der Waals surface area contributed by atoms with Gasteiger partial charge >= 0.3 is 5.69 Å². The molecule has 0 bridgehead atoms. The Kier molecular flexibility index (Phi) is 7.40. The van der Waals surface area contributed by atoms with Crippen molar-refractivity contribution in [1.29, 1.82) is 0 Å². The molecule has 13 nitrogen and oxygen atoms in total. The van der Waals surface area contributed by atoms with E-state index in [1.165, 1.54) is 19.2 Å². The fourth-order valence-corrected chi connectivity index (χ4v) is 3.44. The second kappa shape index (κ2) is 10.1. The number of hydrogen-bond donors (Lipinski definition) is 6. The monoisotopic (exact) mass is 463 g/mol. The number of carbonyl (C=O) groups excluding carboxylic acids is 2. The molecule has 3 rings (SSSR count). The number of hydrogen-bond acceptors (Lipinski definition) is 11. The van der Waals surface area contributed by atoms with Crippen LogP contribution in [0.2, 0.25) is 0 Å². The fourth-order valence-electron chi connectivity index (χ4n) is 3.44. The van der Waals surface area contributed by atoms with Gasteiger partial charge in [-0.15, -0.1) is 0 Å². The van der Waals surface area contributed by atoms with E-state index in [1.54, 1.807) is 12.1 Å². The summed E-state index contributed by atoms with van der Waals surface area (Å²) in [4.78, 5) is 41.0.